The summed E-state index contributed by atoms with van der Waals surface area (Å²) in [6, 6.07) is 7.61. The Morgan fingerprint density at radius 3 is 2.67 bits per heavy atom. The maximum atomic E-state index is 11.8. The minimum atomic E-state index is -0.242. The van der Waals surface area contributed by atoms with E-state index in [2.05, 4.69) is 4.90 Å². The highest BCUT2D eigenvalue weighted by Crippen LogP contribution is 2.13. The summed E-state index contributed by atoms with van der Waals surface area (Å²) < 4.78 is 6.97. The molecule has 1 aromatic heterocycles. The van der Waals surface area contributed by atoms with Crippen LogP contribution in [0.4, 0.5) is 0 Å². The molecule has 1 saturated heterocycles. The number of oxazole rings is 1. The number of nitrogens with zero attached hydrogens (tertiary/aromatic N) is 2. The molecule has 1 aromatic carbocycles. The molecule has 1 aliphatic rings. The normalized spacial score (nSPS) is 17.3. The van der Waals surface area contributed by atoms with Gasteiger partial charge < -0.3 is 9.32 Å². The van der Waals surface area contributed by atoms with Gasteiger partial charge in [-0.25, -0.2) is 4.79 Å². The Kier molecular flexibility index (Phi) is 3.19. The van der Waals surface area contributed by atoms with E-state index in [1.54, 1.807) is 4.57 Å². The van der Waals surface area contributed by atoms with Crippen molar-refractivity contribution < 1.29 is 4.42 Å². The lowest BCUT2D eigenvalue weighted by molar-refractivity contribution is 0.219. The van der Waals surface area contributed by atoms with Gasteiger partial charge in [-0.1, -0.05) is 18.6 Å². The third-order valence-corrected chi connectivity index (χ3v) is 3.66. The highest BCUT2D eigenvalue weighted by molar-refractivity contribution is 5.72. The maximum Gasteiger partial charge on any atom is 0.419 e. The molecule has 0 spiro atoms. The summed E-state index contributed by atoms with van der Waals surface area (Å²) in [4.78, 5) is 14.2. The van der Waals surface area contributed by atoms with Gasteiger partial charge in [-0.15, -0.1) is 0 Å². The molecule has 2 heterocycles. The second-order valence-corrected chi connectivity index (χ2v) is 4.89. The van der Waals surface area contributed by atoms with Crippen LogP contribution in [0.3, 0.4) is 0 Å². The van der Waals surface area contributed by atoms with E-state index in [1.165, 1.54) is 19.3 Å². The zero-order valence-corrected chi connectivity index (χ0v) is 10.5. The first kappa shape index (κ1) is 11.5. The van der Waals surface area contributed by atoms with Crippen LogP contribution in [0.15, 0.2) is 33.5 Å². The SMILES string of the molecule is O=c1oc2ccccc2n1CCN1CCCCC1. The zero-order valence-electron chi connectivity index (χ0n) is 10.5. The lowest BCUT2D eigenvalue weighted by Gasteiger charge is -2.26. The van der Waals surface area contributed by atoms with Crippen molar-refractivity contribution in [2.45, 2.75) is 25.8 Å². The first-order chi connectivity index (χ1) is 8.84. The molecule has 0 saturated carbocycles. The molecule has 0 atom stereocenters. The van der Waals surface area contributed by atoms with Gasteiger partial charge in [0.2, 0.25) is 0 Å². The Morgan fingerprint density at radius 2 is 1.83 bits per heavy atom. The summed E-state index contributed by atoms with van der Waals surface area (Å²) >= 11 is 0. The van der Waals surface area contributed by atoms with E-state index < -0.39 is 0 Å². The minimum Gasteiger partial charge on any atom is -0.408 e. The fourth-order valence-electron chi connectivity index (χ4n) is 2.65. The van der Waals surface area contributed by atoms with Crippen molar-refractivity contribution in [3.05, 3.63) is 34.8 Å². The molecule has 0 N–H and O–H groups in total. The van der Waals surface area contributed by atoms with Gasteiger partial charge in [0.15, 0.2) is 5.58 Å². The van der Waals surface area contributed by atoms with Gasteiger partial charge in [0.25, 0.3) is 0 Å². The fourth-order valence-corrected chi connectivity index (χ4v) is 2.65. The van der Waals surface area contributed by atoms with Gasteiger partial charge in [0, 0.05) is 13.1 Å². The molecule has 1 aliphatic heterocycles. The van der Waals surface area contributed by atoms with Gasteiger partial charge in [0.05, 0.1) is 5.52 Å². The summed E-state index contributed by atoms with van der Waals surface area (Å²) in [6.45, 7) is 3.97. The molecule has 4 heteroatoms. The van der Waals surface area contributed by atoms with Crippen molar-refractivity contribution >= 4 is 11.1 Å². The number of aromatic nitrogens is 1. The topological polar surface area (TPSA) is 38.4 Å². The van der Waals surface area contributed by atoms with E-state index in [1.807, 2.05) is 24.3 Å². The van der Waals surface area contributed by atoms with Crippen LogP contribution in [0.25, 0.3) is 11.1 Å². The Balaban J connectivity index is 1.77. The number of hydrogen-bond donors (Lipinski definition) is 0. The minimum absolute atomic E-state index is 0.242. The van der Waals surface area contributed by atoms with E-state index in [-0.39, 0.29) is 5.76 Å². The Bertz CT molecular complexity index is 579. The molecule has 0 unspecified atom stereocenters. The summed E-state index contributed by atoms with van der Waals surface area (Å²) in [7, 11) is 0. The smallest absolute Gasteiger partial charge is 0.408 e. The number of hydrogen-bond acceptors (Lipinski definition) is 3. The number of likely N-dealkylation sites (tertiary alicyclic amines) is 1. The Hall–Kier alpha value is -1.55. The molecule has 2 aromatic rings. The molecular formula is C14H18N2O2. The van der Waals surface area contributed by atoms with Gasteiger partial charge in [-0.05, 0) is 38.1 Å². The van der Waals surface area contributed by atoms with Crippen LogP contribution in [0.2, 0.25) is 0 Å². The summed E-state index contributed by atoms with van der Waals surface area (Å²) in [6.07, 6.45) is 3.90. The number of benzene rings is 1. The Morgan fingerprint density at radius 1 is 1.06 bits per heavy atom. The largest absolute Gasteiger partial charge is 0.419 e. The Labute approximate surface area is 106 Å². The highest BCUT2D eigenvalue weighted by atomic mass is 16.4. The lowest BCUT2D eigenvalue weighted by atomic mass is 10.1. The van der Waals surface area contributed by atoms with Crippen molar-refractivity contribution in [3.8, 4) is 0 Å². The molecule has 3 rings (SSSR count). The molecule has 0 bridgehead atoms. The van der Waals surface area contributed by atoms with E-state index in [0.29, 0.717) is 5.58 Å². The second-order valence-electron chi connectivity index (χ2n) is 4.89. The van der Waals surface area contributed by atoms with Crippen molar-refractivity contribution in [2.24, 2.45) is 0 Å². The summed E-state index contributed by atoms with van der Waals surface area (Å²) in [5.41, 5.74) is 1.58. The van der Waals surface area contributed by atoms with Crippen molar-refractivity contribution in [3.63, 3.8) is 0 Å². The van der Waals surface area contributed by atoms with Gasteiger partial charge in [0.1, 0.15) is 0 Å². The van der Waals surface area contributed by atoms with Gasteiger partial charge >= 0.3 is 5.76 Å². The average Bonchev–Trinajstić information content (AvgIpc) is 2.73. The van der Waals surface area contributed by atoms with E-state index in [0.717, 1.165) is 31.7 Å². The number of piperidine rings is 1. The van der Waals surface area contributed by atoms with Crippen LogP contribution in [0, 0.1) is 0 Å². The van der Waals surface area contributed by atoms with Crippen LogP contribution < -0.4 is 5.76 Å². The van der Waals surface area contributed by atoms with Gasteiger partial charge in [-0.2, -0.15) is 0 Å². The third kappa shape index (κ3) is 2.20. The van der Waals surface area contributed by atoms with Crippen molar-refractivity contribution in [1.82, 2.24) is 9.47 Å². The fraction of sp³-hybridized carbons (Fsp3) is 0.500. The van der Waals surface area contributed by atoms with E-state index >= 15 is 0 Å². The predicted molar refractivity (Wildman–Crippen MR) is 70.8 cm³/mol. The number of fused-ring (bicyclic) bond motifs is 1. The first-order valence-electron chi connectivity index (χ1n) is 6.65. The highest BCUT2D eigenvalue weighted by Gasteiger charge is 2.12. The average molecular weight is 246 g/mol. The number of rotatable bonds is 3. The van der Waals surface area contributed by atoms with Crippen LogP contribution >= 0.6 is 0 Å². The monoisotopic (exact) mass is 246 g/mol. The van der Waals surface area contributed by atoms with E-state index in [4.69, 9.17) is 4.42 Å². The maximum absolute atomic E-state index is 11.8. The summed E-state index contributed by atoms with van der Waals surface area (Å²) in [5, 5.41) is 0. The summed E-state index contributed by atoms with van der Waals surface area (Å²) in [5.74, 6) is -0.242. The van der Waals surface area contributed by atoms with Crippen LogP contribution in [0.1, 0.15) is 19.3 Å². The molecule has 4 nitrogen and oxygen atoms in total. The molecule has 1 fully saturated rings. The standard InChI is InChI=1S/C14H18N2O2/c17-14-16(11-10-15-8-4-1-5-9-15)12-6-2-3-7-13(12)18-14/h2-3,6-7H,1,4-5,8-11H2. The van der Waals surface area contributed by atoms with Crippen LogP contribution in [-0.2, 0) is 6.54 Å². The second kappa shape index (κ2) is 4.98. The number of para-hydroxylation sites is 2. The van der Waals surface area contributed by atoms with Crippen LogP contribution in [-0.4, -0.2) is 29.1 Å². The molecule has 96 valence electrons. The lowest BCUT2D eigenvalue weighted by Crippen LogP contribution is -2.33. The molecular weight excluding hydrogens is 228 g/mol. The van der Waals surface area contributed by atoms with Gasteiger partial charge in [-0.3, -0.25) is 4.57 Å². The van der Waals surface area contributed by atoms with E-state index in [9.17, 15) is 4.79 Å². The van der Waals surface area contributed by atoms with Crippen molar-refractivity contribution in [1.29, 1.82) is 0 Å². The third-order valence-electron chi connectivity index (χ3n) is 3.66. The molecule has 18 heavy (non-hydrogen) atoms. The first-order valence-corrected chi connectivity index (χ1v) is 6.65. The predicted octanol–water partition coefficient (Wildman–Crippen LogP) is 2.08. The molecule has 0 aliphatic carbocycles. The van der Waals surface area contributed by atoms with Crippen LogP contribution in [0.5, 0.6) is 0 Å². The molecule has 0 radical (unpaired) electrons. The quantitative estimate of drug-likeness (QED) is 0.832. The zero-order chi connectivity index (χ0) is 12.4. The molecule has 0 amide bonds. The van der Waals surface area contributed by atoms with Crippen molar-refractivity contribution in [2.75, 3.05) is 19.6 Å².